The van der Waals surface area contributed by atoms with Crippen molar-refractivity contribution in [2.45, 2.75) is 32.1 Å². The maximum absolute atomic E-state index is 11.0. The van der Waals surface area contributed by atoms with Crippen LogP contribution in [0.15, 0.2) is 0 Å². The molecule has 0 saturated heterocycles. The molecule has 3 aliphatic carbocycles. The second-order valence-electron chi connectivity index (χ2n) is 4.45. The quantitative estimate of drug-likeness (QED) is 0.496. The van der Waals surface area contributed by atoms with Gasteiger partial charge in [0.15, 0.2) is 0 Å². The topological polar surface area (TPSA) is 17.1 Å². The number of hydrogen-bond acceptors (Lipinski definition) is 1. The Morgan fingerprint density at radius 2 is 2.10 bits per heavy atom. The van der Waals surface area contributed by atoms with E-state index in [0.29, 0.717) is 17.1 Å². The van der Waals surface area contributed by atoms with Crippen molar-refractivity contribution in [1.82, 2.24) is 0 Å². The molecule has 3 saturated carbocycles. The summed E-state index contributed by atoms with van der Waals surface area (Å²) in [6.45, 7) is 0. The van der Waals surface area contributed by atoms with E-state index >= 15 is 0 Å². The van der Waals surface area contributed by atoms with E-state index in [9.17, 15) is 4.79 Å². The van der Waals surface area contributed by atoms with Crippen molar-refractivity contribution in [3.63, 3.8) is 0 Å². The van der Waals surface area contributed by atoms with Crippen LogP contribution in [-0.4, -0.2) is 5.78 Å². The molecule has 54 valence electrons. The molecular formula is C9H12O. The van der Waals surface area contributed by atoms with Crippen LogP contribution in [0.25, 0.3) is 0 Å². The van der Waals surface area contributed by atoms with Gasteiger partial charge in [0.1, 0.15) is 5.78 Å². The lowest BCUT2D eigenvalue weighted by atomic mass is 9.75. The molecule has 0 N–H and O–H groups in total. The highest BCUT2D eigenvalue weighted by atomic mass is 16.1. The van der Waals surface area contributed by atoms with Gasteiger partial charge in [-0.1, -0.05) is 0 Å². The average Bonchev–Trinajstić information content (AvgIpc) is 2.57. The third kappa shape index (κ3) is 0.480. The summed E-state index contributed by atoms with van der Waals surface area (Å²) in [6, 6.07) is 0. The summed E-state index contributed by atoms with van der Waals surface area (Å²) < 4.78 is 0. The van der Waals surface area contributed by atoms with E-state index < -0.39 is 0 Å². The van der Waals surface area contributed by atoms with Crippen molar-refractivity contribution < 1.29 is 4.79 Å². The first-order chi connectivity index (χ1) is 4.79. The smallest absolute Gasteiger partial charge is 0.136 e. The van der Waals surface area contributed by atoms with Gasteiger partial charge in [-0.3, -0.25) is 4.79 Å². The first-order valence-electron chi connectivity index (χ1n) is 4.32. The zero-order valence-corrected chi connectivity index (χ0v) is 6.10. The van der Waals surface area contributed by atoms with E-state index in [1.165, 1.54) is 25.7 Å². The molecule has 3 fully saturated rings. The van der Waals surface area contributed by atoms with Crippen LogP contribution in [-0.2, 0) is 4.79 Å². The summed E-state index contributed by atoms with van der Waals surface area (Å²) in [5.74, 6) is 1.92. The third-order valence-corrected chi connectivity index (χ3v) is 3.75. The van der Waals surface area contributed by atoms with Gasteiger partial charge in [0.25, 0.3) is 0 Å². The number of hydrogen-bond donors (Lipinski definition) is 0. The Kier molecular flexibility index (Phi) is 0.704. The lowest BCUT2D eigenvalue weighted by Gasteiger charge is -2.27. The highest BCUT2D eigenvalue weighted by molar-refractivity contribution is 5.88. The molecule has 0 aromatic heterocycles. The molecule has 2 atom stereocenters. The van der Waals surface area contributed by atoms with Gasteiger partial charge in [-0.2, -0.15) is 0 Å². The van der Waals surface area contributed by atoms with Crippen molar-refractivity contribution in [3.05, 3.63) is 0 Å². The molecule has 0 aliphatic heterocycles. The van der Waals surface area contributed by atoms with Crippen LogP contribution >= 0.6 is 0 Å². The number of fused-ring (bicyclic) bond motifs is 1. The minimum Gasteiger partial charge on any atom is -0.299 e. The Labute approximate surface area is 60.8 Å². The van der Waals surface area contributed by atoms with E-state index in [1.54, 1.807) is 0 Å². The van der Waals surface area contributed by atoms with Crippen LogP contribution in [0, 0.1) is 17.3 Å². The SMILES string of the molecule is O=C1C[C@H]2CC3(CC3)C[C@@H]12. The van der Waals surface area contributed by atoms with Gasteiger partial charge >= 0.3 is 0 Å². The zero-order valence-electron chi connectivity index (χ0n) is 6.10. The number of rotatable bonds is 0. The second kappa shape index (κ2) is 1.32. The van der Waals surface area contributed by atoms with Gasteiger partial charge in [0.05, 0.1) is 0 Å². The molecule has 3 aliphatic rings. The number of carbonyl (C=O) groups excluding carboxylic acids is 1. The molecular weight excluding hydrogens is 124 g/mol. The Morgan fingerprint density at radius 1 is 1.30 bits per heavy atom. The van der Waals surface area contributed by atoms with Gasteiger partial charge < -0.3 is 0 Å². The van der Waals surface area contributed by atoms with Gasteiger partial charge in [-0.05, 0) is 37.0 Å². The van der Waals surface area contributed by atoms with Crippen LogP contribution in [0.3, 0.4) is 0 Å². The Hall–Kier alpha value is -0.330. The fourth-order valence-electron chi connectivity index (χ4n) is 2.84. The van der Waals surface area contributed by atoms with E-state index in [2.05, 4.69) is 0 Å². The summed E-state index contributed by atoms with van der Waals surface area (Å²) in [7, 11) is 0. The Morgan fingerprint density at radius 3 is 2.60 bits per heavy atom. The molecule has 0 aromatic carbocycles. The minimum atomic E-state index is 0.530. The lowest BCUT2D eigenvalue weighted by Crippen LogP contribution is -2.32. The van der Waals surface area contributed by atoms with Gasteiger partial charge in [-0.15, -0.1) is 0 Å². The highest BCUT2D eigenvalue weighted by Crippen LogP contribution is 2.65. The molecule has 1 nitrogen and oxygen atoms in total. The maximum Gasteiger partial charge on any atom is 0.136 e. The molecule has 0 bridgehead atoms. The summed E-state index contributed by atoms with van der Waals surface area (Å²) in [5.41, 5.74) is 0.710. The normalized spacial score (nSPS) is 47.0. The summed E-state index contributed by atoms with van der Waals surface area (Å²) >= 11 is 0. The first kappa shape index (κ1) is 5.34. The van der Waals surface area contributed by atoms with Gasteiger partial charge in [0.2, 0.25) is 0 Å². The van der Waals surface area contributed by atoms with Crippen molar-refractivity contribution in [2.75, 3.05) is 0 Å². The number of Topliss-reactive ketones (excluding diaryl/α,β-unsaturated/α-hetero) is 1. The fraction of sp³-hybridized carbons (Fsp3) is 0.889. The molecule has 0 heterocycles. The van der Waals surface area contributed by atoms with E-state index in [4.69, 9.17) is 0 Å². The van der Waals surface area contributed by atoms with Crippen LogP contribution in [0.4, 0.5) is 0 Å². The molecule has 1 heteroatoms. The van der Waals surface area contributed by atoms with Crippen LogP contribution in [0.1, 0.15) is 32.1 Å². The molecule has 0 radical (unpaired) electrons. The molecule has 0 unspecified atom stereocenters. The summed E-state index contributed by atoms with van der Waals surface area (Å²) in [6.07, 6.45) is 6.42. The number of carbonyl (C=O) groups is 1. The second-order valence-corrected chi connectivity index (χ2v) is 4.45. The van der Waals surface area contributed by atoms with Crippen molar-refractivity contribution in [2.24, 2.45) is 17.3 Å². The highest BCUT2D eigenvalue weighted by Gasteiger charge is 2.58. The molecule has 0 amide bonds. The molecule has 3 rings (SSSR count). The predicted molar refractivity (Wildman–Crippen MR) is 37.5 cm³/mol. The Bertz CT molecular complexity index is 203. The standard InChI is InChI=1S/C9H12O/c10-8-3-6-4-9(1-2-9)5-7(6)8/h6-7H,1-5H2/t6-,7+/m0/s1. The third-order valence-electron chi connectivity index (χ3n) is 3.75. The fourth-order valence-corrected chi connectivity index (χ4v) is 2.84. The summed E-state index contributed by atoms with van der Waals surface area (Å²) in [5, 5.41) is 0. The van der Waals surface area contributed by atoms with E-state index in [1.807, 2.05) is 0 Å². The summed E-state index contributed by atoms with van der Waals surface area (Å²) in [4.78, 5) is 11.0. The van der Waals surface area contributed by atoms with E-state index in [0.717, 1.165) is 12.3 Å². The minimum absolute atomic E-state index is 0.530. The number of ketones is 1. The van der Waals surface area contributed by atoms with Crippen molar-refractivity contribution in [1.29, 1.82) is 0 Å². The van der Waals surface area contributed by atoms with Gasteiger partial charge in [0, 0.05) is 12.3 Å². The maximum atomic E-state index is 11.0. The molecule has 0 aromatic rings. The average molecular weight is 136 g/mol. The van der Waals surface area contributed by atoms with Crippen molar-refractivity contribution in [3.8, 4) is 0 Å². The van der Waals surface area contributed by atoms with Crippen LogP contribution in [0.2, 0.25) is 0 Å². The first-order valence-corrected chi connectivity index (χ1v) is 4.32. The van der Waals surface area contributed by atoms with Gasteiger partial charge in [-0.25, -0.2) is 0 Å². The molecule has 1 spiro atoms. The predicted octanol–water partition coefficient (Wildman–Crippen LogP) is 1.77. The zero-order chi connectivity index (χ0) is 6.77. The molecule has 10 heavy (non-hydrogen) atoms. The lowest BCUT2D eigenvalue weighted by molar-refractivity contribution is -0.132. The van der Waals surface area contributed by atoms with Crippen LogP contribution < -0.4 is 0 Å². The monoisotopic (exact) mass is 136 g/mol. The Balaban J connectivity index is 1.86. The largest absolute Gasteiger partial charge is 0.299 e. The van der Waals surface area contributed by atoms with E-state index in [-0.39, 0.29) is 0 Å². The van der Waals surface area contributed by atoms with Crippen LogP contribution in [0.5, 0.6) is 0 Å². The van der Waals surface area contributed by atoms with Crippen molar-refractivity contribution >= 4 is 5.78 Å².